The first-order valence-electron chi connectivity index (χ1n) is 7.94. The number of likely N-dealkylation sites (tertiary alicyclic amines) is 1. The van der Waals surface area contributed by atoms with Crippen molar-refractivity contribution in [2.75, 3.05) is 25.0 Å². The molecule has 22 heavy (non-hydrogen) atoms. The molecule has 2 N–H and O–H groups in total. The zero-order chi connectivity index (χ0) is 15.7. The predicted molar refractivity (Wildman–Crippen MR) is 86.8 cm³/mol. The highest BCUT2D eigenvalue weighted by molar-refractivity contribution is 7.17. The number of rotatable bonds is 4. The van der Waals surface area contributed by atoms with Gasteiger partial charge in [0.25, 0.3) is 0 Å². The molecule has 1 atom stereocenters. The summed E-state index contributed by atoms with van der Waals surface area (Å²) in [5, 5.41) is 12.9. The van der Waals surface area contributed by atoms with E-state index in [1.54, 1.807) is 0 Å². The van der Waals surface area contributed by atoms with Gasteiger partial charge in [-0.15, -0.1) is 11.3 Å². The number of carboxylic acids is 1. The Morgan fingerprint density at radius 2 is 2.09 bits per heavy atom. The number of carbonyl (C=O) groups is 2. The average molecular weight is 322 g/mol. The Kier molecular flexibility index (Phi) is 4.49. The normalized spacial score (nSPS) is 21.6. The molecule has 1 aromatic rings. The fourth-order valence-electron chi connectivity index (χ4n) is 3.38. The van der Waals surface area contributed by atoms with Crippen LogP contribution in [0.1, 0.15) is 47.0 Å². The third kappa shape index (κ3) is 3.17. The van der Waals surface area contributed by atoms with Gasteiger partial charge in [0.1, 0.15) is 5.00 Å². The van der Waals surface area contributed by atoms with E-state index >= 15 is 0 Å². The zero-order valence-electron chi connectivity index (χ0n) is 12.9. The van der Waals surface area contributed by atoms with E-state index in [0.29, 0.717) is 23.0 Å². The summed E-state index contributed by atoms with van der Waals surface area (Å²) in [6, 6.07) is 0. The number of carboxylic acid groups (broad SMARTS) is 1. The summed E-state index contributed by atoms with van der Waals surface area (Å²) < 4.78 is 0. The van der Waals surface area contributed by atoms with Crippen molar-refractivity contribution in [2.45, 2.75) is 39.0 Å². The molecule has 1 fully saturated rings. The molecule has 5 nitrogen and oxygen atoms in total. The van der Waals surface area contributed by atoms with Crippen LogP contribution in [0.3, 0.4) is 0 Å². The van der Waals surface area contributed by atoms with Crippen molar-refractivity contribution >= 4 is 28.2 Å². The van der Waals surface area contributed by atoms with Crippen LogP contribution < -0.4 is 5.32 Å². The Morgan fingerprint density at radius 3 is 2.77 bits per heavy atom. The van der Waals surface area contributed by atoms with Crippen molar-refractivity contribution < 1.29 is 14.7 Å². The SMILES string of the molecule is CC1CCc2c(sc(NC(=O)CN3CCCC3)c2C(=O)O)C1. The van der Waals surface area contributed by atoms with Crippen LogP contribution >= 0.6 is 11.3 Å². The van der Waals surface area contributed by atoms with Gasteiger partial charge < -0.3 is 10.4 Å². The van der Waals surface area contributed by atoms with Gasteiger partial charge >= 0.3 is 5.97 Å². The maximum atomic E-state index is 12.2. The maximum Gasteiger partial charge on any atom is 0.339 e. The van der Waals surface area contributed by atoms with E-state index in [9.17, 15) is 14.7 Å². The first-order valence-corrected chi connectivity index (χ1v) is 8.76. The van der Waals surface area contributed by atoms with Gasteiger partial charge in [0.15, 0.2) is 0 Å². The molecule has 0 aromatic carbocycles. The lowest BCUT2D eigenvalue weighted by Crippen LogP contribution is -2.31. The van der Waals surface area contributed by atoms with Gasteiger partial charge in [-0.25, -0.2) is 4.79 Å². The highest BCUT2D eigenvalue weighted by Crippen LogP contribution is 2.39. The lowest BCUT2D eigenvalue weighted by Gasteiger charge is -2.17. The van der Waals surface area contributed by atoms with Gasteiger partial charge in [0.05, 0.1) is 12.1 Å². The van der Waals surface area contributed by atoms with E-state index in [1.807, 2.05) is 0 Å². The fourth-order valence-corrected chi connectivity index (χ4v) is 4.79. The van der Waals surface area contributed by atoms with Crippen LogP contribution in [-0.4, -0.2) is 41.5 Å². The maximum absolute atomic E-state index is 12.2. The zero-order valence-corrected chi connectivity index (χ0v) is 13.7. The van der Waals surface area contributed by atoms with Crippen molar-refractivity contribution in [3.05, 3.63) is 16.0 Å². The molecule has 1 aromatic heterocycles. The molecule has 0 spiro atoms. The van der Waals surface area contributed by atoms with Crippen LogP contribution in [0.4, 0.5) is 5.00 Å². The van der Waals surface area contributed by atoms with Gasteiger partial charge in [-0.2, -0.15) is 0 Å². The number of aromatic carboxylic acids is 1. The molecule has 120 valence electrons. The van der Waals surface area contributed by atoms with E-state index in [1.165, 1.54) is 11.3 Å². The highest BCUT2D eigenvalue weighted by Gasteiger charge is 2.28. The minimum Gasteiger partial charge on any atom is -0.478 e. The summed E-state index contributed by atoms with van der Waals surface area (Å²) in [6.07, 6.45) is 5.02. The first-order chi connectivity index (χ1) is 10.5. The van der Waals surface area contributed by atoms with Crippen molar-refractivity contribution in [2.24, 2.45) is 5.92 Å². The number of thiophene rings is 1. The van der Waals surface area contributed by atoms with Gasteiger partial charge in [-0.05, 0) is 56.7 Å². The Bertz CT molecular complexity index is 590. The number of fused-ring (bicyclic) bond motifs is 1. The molecular weight excluding hydrogens is 300 g/mol. The summed E-state index contributed by atoms with van der Waals surface area (Å²) in [4.78, 5) is 27.0. The molecule has 6 heteroatoms. The van der Waals surface area contributed by atoms with Crippen LogP contribution in [0.15, 0.2) is 0 Å². The lowest BCUT2D eigenvalue weighted by atomic mass is 9.88. The Labute approximate surface area is 134 Å². The second-order valence-corrected chi connectivity index (χ2v) is 7.50. The molecule has 0 bridgehead atoms. The van der Waals surface area contributed by atoms with Crippen molar-refractivity contribution in [1.29, 1.82) is 0 Å². The molecule has 1 aliphatic carbocycles. The smallest absolute Gasteiger partial charge is 0.339 e. The van der Waals surface area contributed by atoms with Crippen LogP contribution in [0.5, 0.6) is 0 Å². The fraction of sp³-hybridized carbons (Fsp3) is 0.625. The number of hydrogen-bond donors (Lipinski definition) is 2. The van der Waals surface area contributed by atoms with Crippen LogP contribution in [0.2, 0.25) is 0 Å². The Hall–Kier alpha value is -1.40. The number of nitrogens with zero attached hydrogens (tertiary/aromatic N) is 1. The van der Waals surface area contributed by atoms with Gasteiger partial charge in [0, 0.05) is 4.88 Å². The number of amides is 1. The van der Waals surface area contributed by atoms with Crippen molar-refractivity contribution in [3.63, 3.8) is 0 Å². The third-order valence-electron chi connectivity index (χ3n) is 4.54. The van der Waals surface area contributed by atoms with E-state index < -0.39 is 5.97 Å². The van der Waals surface area contributed by atoms with Gasteiger partial charge in [-0.3, -0.25) is 9.69 Å². The second kappa shape index (κ2) is 6.38. The quantitative estimate of drug-likeness (QED) is 0.894. The number of nitrogens with one attached hydrogen (secondary N) is 1. The first kappa shape index (κ1) is 15.5. The predicted octanol–water partition coefficient (Wildman–Crippen LogP) is 2.61. The lowest BCUT2D eigenvalue weighted by molar-refractivity contribution is -0.117. The van der Waals surface area contributed by atoms with Crippen LogP contribution in [0.25, 0.3) is 0 Å². The molecule has 2 aliphatic rings. The molecule has 1 amide bonds. The van der Waals surface area contributed by atoms with Crippen molar-refractivity contribution in [3.8, 4) is 0 Å². The van der Waals surface area contributed by atoms with E-state index in [4.69, 9.17) is 0 Å². The summed E-state index contributed by atoms with van der Waals surface area (Å²) in [5.74, 6) is -0.444. The standard InChI is InChI=1S/C16H22N2O3S/c1-10-4-5-11-12(8-10)22-15(14(11)16(20)21)17-13(19)9-18-6-2-3-7-18/h10H,2-9H2,1H3,(H,17,19)(H,20,21). The summed E-state index contributed by atoms with van der Waals surface area (Å²) in [5.41, 5.74) is 1.26. The third-order valence-corrected chi connectivity index (χ3v) is 5.71. The number of anilines is 1. The second-order valence-electron chi connectivity index (χ2n) is 6.39. The van der Waals surface area contributed by atoms with E-state index in [0.717, 1.165) is 55.6 Å². The van der Waals surface area contributed by atoms with Gasteiger partial charge in [0.2, 0.25) is 5.91 Å². The summed E-state index contributed by atoms with van der Waals surface area (Å²) in [6.45, 7) is 4.46. The van der Waals surface area contributed by atoms with Gasteiger partial charge in [-0.1, -0.05) is 6.92 Å². The van der Waals surface area contributed by atoms with E-state index in [2.05, 4.69) is 17.1 Å². The minimum atomic E-state index is -0.927. The molecule has 0 radical (unpaired) electrons. The molecule has 1 unspecified atom stereocenters. The Balaban J connectivity index is 1.77. The number of carbonyl (C=O) groups excluding carboxylic acids is 1. The largest absolute Gasteiger partial charge is 0.478 e. The average Bonchev–Trinajstić information content (AvgIpc) is 3.04. The molecule has 0 saturated carbocycles. The molecule has 2 heterocycles. The van der Waals surface area contributed by atoms with Crippen LogP contribution in [-0.2, 0) is 17.6 Å². The molecule has 3 rings (SSSR count). The molecule has 1 aliphatic heterocycles. The van der Waals surface area contributed by atoms with E-state index in [-0.39, 0.29) is 5.91 Å². The minimum absolute atomic E-state index is 0.101. The highest BCUT2D eigenvalue weighted by atomic mass is 32.1. The number of hydrogen-bond acceptors (Lipinski definition) is 4. The van der Waals surface area contributed by atoms with Crippen LogP contribution in [0, 0.1) is 5.92 Å². The molecule has 1 saturated heterocycles. The summed E-state index contributed by atoms with van der Waals surface area (Å²) >= 11 is 1.45. The topological polar surface area (TPSA) is 69.6 Å². The Morgan fingerprint density at radius 1 is 1.36 bits per heavy atom. The van der Waals surface area contributed by atoms with Crippen molar-refractivity contribution in [1.82, 2.24) is 4.90 Å². The summed E-state index contributed by atoms with van der Waals surface area (Å²) in [7, 11) is 0. The monoisotopic (exact) mass is 322 g/mol. The molecular formula is C16H22N2O3S.